The van der Waals surface area contributed by atoms with E-state index in [0.717, 1.165) is 43.6 Å². The van der Waals surface area contributed by atoms with Gasteiger partial charge in [0.15, 0.2) is 11.6 Å². The van der Waals surface area contributed by atoms with Gasteiger partial charge in [-0.2, -0.15) is 0 Å². The highest BCUT2D eigenvalue weighted by Gasteiger charge is 2.58. The summed E-state index contributed by atoms with van der Waals surface area (Å²) in [6, 6.07) is 23.9. The van der Waals surface area contributed by atoms with E-state index in [9.17, 15) is 9.59 Å². The van der Waals surface area contributed by atoms with Crippen molar-refractivity contribution in [2.75, 3.05) is 13.1 Å². The van der Waals surface area contributed by atoms with Gasteiger partial charge in [0.2, 0.25) is 0 Å². The first-order valence-electron chi connectivity index (χ1n) is 11.5. The van der Waals surface area contributed by atoms with E-state index in [-0.39, 0.29) is 17.5 Å². The van der Waals surface area contributed by atoms with Gasteiger partial charge in [0.05, 0.1) is 0 Å². The van der Waals surface area contributed by atoms with E-state index in [4.69, 9.17) is 0 Å². The molecule has 162 valence electrons. The van der Waals surface area contributed by atoms with Crippen molar-refractivity contribution in [1.82, 2.24) is 4.90 Å². The second-order valence-corrected chi connectivity index (χ2v) is 9.36. The van der Waals surface area contributed by atoms with Crippen molar-refractivity contribution in [3.63, 3.8) is 0 Å². The quantitative estimate of drug-likeness (QED) is 0.518. The highest BCUT2D eigenvalue weighted by Crippen LogP contribution is 2.48. The van der Waals surface area contributed by atoms with Crippen molar-refractivity contribution in [2.45, 2.75) is 38.6 Å². The molecule has 0 saturated carbocycles. The predicted molar refractivity (Wildman–Crippen MR) is 127 cm³/mol. The molecule has 3 heteroatoms. The Balaban J connectivity index is 1.48. The summed E-state index contributed by atoms with van der Waals surface area (Å²) in [5.41, 5.74) is 4.67. The Morgan fingerprint density at radius 2 is 1.44 bits per heavy atom. The number of nitrogens with zero attached hydrogens (tertiary/aromatic N) is 1. The van der Waals surface area contributed by atoms with Crippen LogP contribution in [0.5, 0.6) is 0 Å². The van der Waals surface area contributed by atoms with E-state index >= 15 is 0 Å². The van der Waals surface area contributed by atoms with E-state index in [1.165, 1.54) is 11.1 Å². The number of likely N-dealkylation sites (tertiary alicyclic amines) is 1. The fourth-order valence-electron chi connectivity index (χ4n) is 5.72. The predicted octanol–water partition coefficient (Wildman–Crippen LogP) is 5.53. The van der Waals surface area contributed by atoms with Crippen molar-refractivity contribution >= 4 is 11.6 Å². The first kappa shape index (κ1) is 20.8. The molecular weight excluding hydrogens is 394 g/mol. The highest BCUT2D eigenvalue weighted by atomic mass is 16.2. The Morgan fingerprint density at radius 1 is 0.812 bits per heavy atom. The Bertz CT molecular complexity index is 1150. The number of piperidine rings is 1. The minimum absolute atomic E-state index is 0.00446. The lowest BCUT2D eigenvalue weighted by Gasteiger charge is -2.41. The molecule has 0 amide bonds. The van der Waals surface area contributed by atoms with Gasteiger partial charge in [-0.1, -0.05) is 78.4 Å². The number of Topliss-reactive ketones (excluding diaryl/α,β-unsaturated/α-hetero) is 2. The minimum atomic E-state index is -1.09. The third-order valence-corrected chi connectivity index (χ3v) is 7.46. The van der Waals surface area contributed by atoms with Gasteiger partial charge < -0.3 is 0 Å². The monoisotopic (exact) mass is 423 g/mol. The third-order valence-electron chi connectivity index (χ3n) is 7.46. The molecule has 1 heterocycles. The van der Waals surface area contributed by atoms with Crippen molar-refractivity contribution in [3.05, 3.63) is 106 Å². The fraction of sp³-hybridized carbons (Fsp3) is 0.310. The summed E-state index contributed by atoms with van der Waals surface area (Å²) in [4.78, 5) is 30.3. The zero-order chi connectivity index (χ0) is 22.3. The van der Waals surface area contributed by atoms with Crippen molar-refractivity contribution in [2.24, 2.45) is 5.92 Å². The van der Waals surface area contributed by atoms with Gasteiger partial charge in [-0.15, -0.1) is 0 Å². The normalized spacial score (nSPS) is 18.7. The molecule has 1 fully saturated rings. The average molecular weight is 424 g/mol. The summed E-state index contributed by atoms with van der Waals surface area (Å²) in [6.45, 7) is 6.88. The fourth-order valence-corrected chi connectivity index (χ4v) is 5.72. The molecule has 0 spiro atoms. The molecule has 1 aliphatic heterocycles. The van der Waals surface area contributed by atoms with Crippen LogP contribution < -0.4 is 0 Å². The van der Waals surface area contributed by atoms with Crippen LogP contribution in [0.25, 0.3) is 0 Å². The molecule has 0 radical (unpaired) electrons. The van der Waals surface area contributed by atoms with Crippen LogP contribution in [0, 0.1) is 19.8 Å². The molecule has 0 N–H and O–H groups in total. The molecule has 1 aliphatic carbocycles. The van der Waals surface area contributed by atoms with Crippen molar-refractivity contribution in [1.29, 1.82) is 0 Å². The van der Waals surface area contributed by atoms with E-state index in [1.807, 2.05) is 55.5 Å². The van der Waals surface area contributed by atoms with E-state index in [1.54, 1.807) is 0 Å². The number of benzene rings is 3. The molecule has 3 aromatic carbocycles. The second kappa shape index (κ2) is 8.14. The molecule has 3 nitrogen and oxygen atoms in total. The maximum Gasteiger partial charge on any atom is 0.182 e. The lowest BCUT2D eigenvalue weighted by atomic mass is 9.63. The lowest BCUT2D eigenvalue weighted by Crippen LogP contribution is -2.50. The topological polar surface area (TPSA) is 37.4 Å². The number of carbonyl (C=O) groups is 2. The van der Waals surface area contributed by atoms with Crippen LogP contribution in [0.4, 0.5) is 0 Å². The first-order chi connectivity index (χ1) is 15.5. The van der Waals surface area contributed by atoms with Crippen LogP contribution in [0.15, 0.2) is 72.8 Å². The van der Waals surface area contributed by atoms with Crippen LogP contribution in [0.2, 0.25) is 0 Å². The summed E-state index contributed by atoms with van der Waals surface area (Å²) in [7, 11) is 0. The molecular formula is C29H29NO2. The van der Waals surface area contributed by atoms with Crippen LogP contribution in [0.3, 0.4) is 0 Å². The average Bonchev–Trinajstić information content (AvgIpc) is 3.04. The summed E-state index contributed by atoms with van der Waals surface area (Å²) in [5.74, 6) is -0.0214. The highest BCUT2D eigenvalue weighted by molar-refractivity contribution is 6.33. The molecule has 5 rings (SSSR count). The summed E-state index contributed by atoms with van der Waals surface area (Å²) < 4.78 is 0. The number of aryl methyl sites for hydroxylation is 2. The largest absolute Gasteiger partial charge is 0.299 e. The zero-order valence-electron chi connectivity index (χ0n) is 18.8. The van der Waals surface area contributed by atoms with Gasteiger partial charge in [0, 0.05) is 17.7 Å². The Labute approximate surface area is 190 Å². The maximum absolute atomic E-state index is 13.9. The SMILES string of the molecule is Cc1cccc(C2(C3CCN(Cc4ccccc4C)CC3)C(=O)c3ccccc3C2=O)c1. The van der Waals surface area contributed by atoms with E-state index in [2.05, 4.69) is 36.1 Å². The van der Waals surface area contributed by atoms with Gasteiger partial charge in [0.1, 0.15) is 5.41 Å². The second-order valence-electron chi connectivity index (χ2n) is 9.36. The van der Waals surface area contributed by atoms with Crippen LogP contribution >= 0.6 is 0 Å². The summed E-state index contributed by atoms with van der Waals surface area (Å²) >= 11 is 0. The molecule has 3 aromatic rings. The summed E-state index contributed by atoms with van der Waals surface area (Å²) in [5, 5.41) is 0. The molecule has 2 aliphatic rings. The van der Waals surface area contributed by atoms with Crippen LogP contribution in [-0.4, -0.2) is 29.6 Å². The minimum Gasteiger partial charge on any atom is -0.299 e. The first-order valence-corrected chi connectivity index (χ1v) is 11.5. The van der Waals surface area contributed by atoms with Crippen molar-refractivity contribution < 1.29 is 9.59 Å². The van der Waals surface area contributed by atoms with E-state index in [0.29, 0.717) is 11.1 Å². The van der Waals surface area contributed by atoms with E-state index < -0.39 is 5.41 Å². The molecule has 0 bridgehead atoms. The Morgan fingerprint density at radius 3 is 2.06 bits per heavy atom. The van der Waals surface area contributed by atoms with Gasteiger partial charge in [-0.3, -0.25) is 14.5 Å². The number of ketones is 2. The zero-order valence-corrected chi connectivity index (χ0v) is 18.8. The standard InChI is InChI=1S/C29H29NO2/c1-20-8-7-11-24(18-20)29(27(31)25-12-5-6-13-26(25)28(29)32)23-14-16-30(17-15-23)19-22-10-4-3-9-21(22)2/h3-13,18,23H,14-17,19H2,1-2H3. The van der Waals surface area contributed by atoms with Crippen LogP contribution in [0.1, 0.15) is 55.8 Å². The Kier molecular flexibility index (Phi) is 5.30. The Hall–Kier alpha value is -3.04. The number of fused-ring (bicyclic) bond motifs is 1. The number of carbonyl (C=O) groups excluding carboxylic acids is 2. The smallest absolute Gasteiger partial charge is 0.182 e. The molecule has 32 heavy (non-hydrogen) atoms. The molecule has 0 aromatic heterocycles. The van der Waals surface area contributed by atoms with Gasteiger partial charge >= 0.3 is 0 Å². The number of hydrogen-bond donors (Lipinski definition) is 0. The number of hydrogen-bond acceptors (Lipinski definition) is 3. The van der Waals surface area contributed by atoms with Crippen molar-refractivity contribution in [3.8, 4) is 0 Å². The summed E-state index contributed by atoms with van der Waals surface area (Å²) in [6.07, 6.45) is 1.68. The lowest BCUT2D eigenvalue weighted by molar-refractivity contribution is 0.0628. The molecule has 1 saturated heterocycles. The van der Waals surface area contributed by atoms with Gasteiger partial charge in [-0.05, 0) is 62.4 Å². The maximum atomic E-state index is 13.9. The molecule has 0 unspecified atom stereocenters. The van der Waals surface area contributed by atoms with Gasteiger partial charge in [-0.25, -0.2) is 0 Å². The van der Waals surface area contributed by atoms with Gasteiger partial charge in [0.25, 0.3) is 0 Å². The van der Waals surface area contributed by atoms with Crippen LogP contribution in [-0.2, 0) is 12.0 Å². The molecule has 0 atom stereocenters. The third kappa shape index (κ3) is 3.23. The number of rotatable bonds is 4.